The van der Waals surface area contributed by atoms with Crippen molar-refractivity contribution in [2.75, 3.05) is 19.7 Å². The third-order valence-corrected chi connectivity index (χ3v) is 2.23. The predicted molar refractivity (Wildman–Crippen MR) is 42.5 cm³/mol. The molecule has 1 N–H and O–H groups in total. The summed E-state index contributed by atoms with van der Waals surface area (Å²) in [5.41, 5.74) is -1.81. The fourth-order valence-electron chi connectivity index (χ4n) is 1.33. The molecule has 0 aliphatic carbocycles. The normalized spacial score (nSPS) is 35.1. The molecule has 4 heteroatoms. The second kappa shape index (κ2) is 3.39. The van der Waals surface area contributed by atoms with E-state index in [9.17, 15) is 9.18 Å². The van der Waals surface area contributed by atoms with E-state index in [1.165, 1.54) is 0 Å². The van der Waals surface area contributed by atoms with Crippen LogP contribution in [0.15, 0.2) is 0 Å². The van der Waals surface area contributed by atoms with Crippen LogP contribution < -0.4 is 5.32 Å². The van der Waals surface area contributed by atoms with Gasteiger partial charge in [0.2, 0.25) is 5.67 Å². The molecule has 1 fully saturated rings. The van der Waals surface area contributed by atoms with Crippen LogP contribution in [0.1, 0.15) is 13.8 Å². The fraction of sp³-hybridized carbons (Fsp3) is 0.875. The maximum atomic E-state index is 13.7. The first kappa shape index (κ1) is 9.45. The van der Waals surface area contributed by atoms with Crippen molar-refractivity contribution >= 4 is 5.97 Å². The molecule has 1 saturated heterocycles. The molecule has 1 aliphatic rings. The first-order valence-corrected chi connectivity index (χ1v) is 4.18. The van der Waals surface area contributed by atoms with Crippen LogP contribution in [-0.4, -0.2) is 31.3 Å². The lowest BCUT2D eigenvalue weighted by Crippen LogP contribution is -2.42. The molecular weight excluding hydrogens is 161 g/mol. The Morgan fingerprint density at radius 2 is 2.50 bits per heavy atom. The van der Waals surface area contributed by atoms with Gasteiger partial charge in [0.1, 0.15) is 0 Å². The Morgan fingerprint density at radius 1 is 1.83 bits per heavy atom. The lowest BCUT2D eigenvalue weighted by molar-refractivity contribution is -0.158. The van der Waals surface area contributed by atoms with E-state index in [1.54, 1.807) is 13.8 Å². The largest absolute Gasteiger partial charge is 0.464 e. The monoisotopic (exact) mass is 175 g/mol. The number of rotatable bonds is 2. The summed E-state index contributed by atoms with van der Waals surface area (Å²) < 4.78 is 18.4. The average Bonchev–Trinajstić information content (AvgIpc) is 2.34. The first-order chi connectivity index (χ1) is 5.61. The number of esters is 1. The number of hydrogen-bond acceptors (Lipinski definition) is 3. The maximum Gasteiger partial charge on any atom is 0.345 e. The Bertz CT molecular complexity index is 186. The van der Waals surface area contributed by atoms with Gasteiger partial charge in [-0.3, -0.25) is 0 Å². The van der Waals surface area contributed by atoms with Crippen molar-refractivity contribution in [1.82, 2.24) is 5.32 Å². The van der Waals surface area contributed by atoms with Crippen LogP contribution in [0.5, 0.6) is 0 Å². The van der Waals surface area contributed by atoms with Crippen molar-refractivity contribution in [2.24, 2.45) is 5.92 Å². The molecule has 70 valence electrons. The van der Waals surface area contributed by atoms with Crippen molar-refractivity contribution < 1.29 is 13.9 Å². The minimum absolute atomic E-state index is 0.0764. The molecule has 0 radical (unpaired) electrons. The van der Waals surface area contributed by atoms with Gasteiger partial charge in [0.25, 0.3) is 0 Å². The van der Waals surface area contributed by atoms with E-state index < -0.39 is 11.6 Å². The molecule has 3 nitrogen and oxygen atoms in total. The van der Waals surface area contributed by atoms with Gasteiger partial charge in [0, 0.05) is 19.0 Å². The standard InChI is InChI=1S/C8H14FNO2/c1-3-12-7(11)8(9)5-10-4-6(8)2/h6,10H,3-5H2,1-2H3. The van der Waals surface area contributed by atoms with Crippen LogP contribution in [-0.2, 0) is 9.53 Å². The first-order valence-electron chi connectivity index (χ1n) is 4.18. The highest BCUT2D eigenvalue weighted by Crippen LogP contribution is 2.27. The minimum Gasteiger partial charge on any atom is -0.464 e. The summed E-state index contributed by atoms with van der Waals surface area (Å²) in [6, 6.07) is 0. The molecule has 0 aromatic carbocycles. The van der Waals surface area contributed by atoms with E-state index in [-0.39, 0.29) is 19.1 Å². The Morgan fingerprint density at radius 3 is 2.92 bits per heavy atom. The molecule has 0 aromatic rings. The van der Waals surface area contributed by atoms with Gasteiger partial charge in [0.05, 0.1) is 6.61 Å². The molecule has 1 rings (SSSR count). The molecule has 0 amide bonds. The summed E-state index contributed by atoms with van der Waals surface area (Å²) in [6.07, 6.45) is 0. The van der Waals surface area contributed by atoms with E-state index in [0.29, 0.717) is 6.54 Å². The van der Waals surface area contributed by atoms with E-state index in [2.05, 4.69) is 10.1 Å². The van der Waals surface area contributed by atoms with E-state index >= 15 is 0 Å². The molecule has 1 aliphatic heterocycles. The van der Waals surface area contributed by atoms with Crippen molar-refractivity contribution in [2.45, 2.75) is 19.5 Å². The Hall–Kier alpha value is -0.640. The smallest absolute Gasteiger partial charge is 0.345 e. The van der Waals surface area contributed by atoms with E-state index in [0.717, 1.165) is 0 Å². The van der Waals surface area contributed by atoms with Gasteiger partial charge in [-0.1, -0.05) is 6.92 Å². The second-order valence-corrected chi connectivity index (χ2v) is 3.11. The number of alkyl halides is 1. The van der Waals surface area contributed by atoms with Gasteiger partial charge in [-0.25, -0.2) is 9.18 Å². The summed E-state index contributed by atoms with van der Waals surface area (Å²) in [5.74, 6) is -1.03. The number of halogens is 1. The van der Waals surface area contributed by atoms with Crippen LogP contribution in [0, 0.1) is 5.92 Å². The maximum absolute atomic E-state index is 13.7. The highest BCUT2D eigenvalue weighted by atomic mass is 19.1. The summed E-state index contributed by atoms with van der Waals surface area (Å²) in [6.45, 7) is 4.23. The van der Waals surface area contributed by atoms with Crippen LogP contribution in [0.25, 0.3) is 0 Å². The zero-order valence-corrected chi connectivity index (χ0v) is 7.39. The van der Waals surface area contributed by atoms with Crippen LogP contribution in [0.3, 0.4) is 0 Å². The third kappa shape index (κ3) is 1.43. The summed E-state index contributed by atoms with van der Waals surface area (Å²) in [5, 5.41) is 2.83. The van der Waals surface area contributed by atoms with Crippen molar-refractivity contribution in [3.05, 3.63) is 0 Å². The van der Waals surface area contributed by atoms with Gasteiger partial charge in [-0.15, -0.1) is 0 Å². The van der Waals surface area contributed by atoms with Gasteiger partial charge in [0.15, 0.2) is 0 Å². The number of hydrogen-bond donors (Lipinski definition) is 1. The van der Waals surface area contributed by atoms with Gasteiger partial charge in [-0.05, 0) is 6.92 Å². The fourth-order valence-corrected chi connectivity index (χ4v) is 1.33. The molecular formula is C8H14FNO2. The molecule has 0 saturated carbocycles. The lowest BCUT2D eigenvalue weighted by Gasteiger charge is -2.20. The minimum atomic E-state index is -1.81. The Labute approximate surface area is 71.3 Å². The highest BCUT2D eigenvalue weighted by Gasteiger charge is 2.48. The highest BCUT2D eigenvalue weighted by molar-refractivity contribution is 5.80. The summed E-state index contributed by atoms with van der Waals surface area (Å²) in [7, 11) is 0. The van der Waals surface area contributed by atoms with Crippen LogP contribution >= 0.6 is 0 Å². The summed E-state index contributed by atoms with van der Waals surface area (Å²) >= 11 is 0. The van der Waals surface area contributed by atoms with Crippen molar-refractivity contribution in [3.8, 4) is 0 Å². The predicted octanol–water partition coefficient (Wildman–Crippen LogP) is 0.497. The summed E-state index contributed by atoms with van der Waals surface area (Å²) in [4.78, 5) is 11.1. The molecule has 0 bridgehead atoms. The topological polar surface area (TPSA) is 38.3 Å². The van der Waals surface area contributed by atoms with Gasteiger partial charge in [-0.2, -0.15) is 0 Å². The Kier molecular flexibility index (Phi) is 2.67. The number of ether oxygens (including phenoxy) is 1. The van der Waals surface area contributed by atoms with Gasteiger partial charge < -0.3 is 10.1 Å². The van der Waals surface area contributed by atoms with Crippen molar-refractivity contribution in [1.29, 1.82) is 0 Å². The molecule has 0 spiro atoms. The van der Waals surface area contributed by atoms with Crippen LogP contribution in [0.2, 0.25) is 0 Å². The number of carbonyl (C=O) groups is 1. The van der Waals surface area contributed by atoms with E-state index in [1.807, 2.05) is 0 Å². The third-order valence-electron chi connectivity index (χ3n) is 2.23. The zero-order valence-electron chi connectivity index (χ0n) is 7.39. The molecule has 12 heavy (non-hydrogen) atoms. The number of nitrogens with one attached hydrogen (secondary N) is 1. The SMILES string of the molecule is CCOC(=O)C1(F)CNCC1C. The molecule has 2 atom stereocenters. The molecule has 1 heterocycles. The lowest BCUT2D eigenvalue weighted by atomic mass is 9.95. The quantitative estimate of drug-likeness (QED) is 0.621. The number of carbonyl (C=O) groups excluding carboxylic acids is 1. The van der Waals surface area contributed by atoms with Crippen LogP contribution in [0.4, 0.5) is 4.39 Å². The van der Waals surface area contributed by atoms with Gasteiger partial charge >= 0.3 is 5.97 Å². The zero-order chi connectivity index (χ0) is 9.19. The molecule has 2 unspecified atom stereocenters. The Balaban J connectivity index is 2.63. The average molecular weight is 175 g/mol. The van der Waals surface area contributed by atoms with E-state index in [4.69, 9.17) is 0 Å². The second-order valence-electron chi connectivity index (χ2n) is 3.11. The molecule has 0 aromatic heterocycles. The van der Waals surface area contributed by atoms with Crippen molar-refractivity contribution in [3.63, 3.8) is 0 Å².